The molecule has 118 valence electrons. The predicted octanol–water partition coefficient (Wildman–Crippen LogP) is 2.27. The van der Waals surface area contributed by atoms with E-state index in [2.05, 4.69) is 10.9 Å². The second kappa shape index (κ2) is 6.52. The van der Waals surface area contributed by atoms with Crippen LogP contribution < -0.4 is 10.9 Å². The molecule has 0 radical (unpaired) electrons. The van der Waals surface area contributed by atoms with Gasteiger partial charge in [-0.05, 0) is 42.5 Å². The third kappa shape index (κ3) is 3.18. The average molecular weight is 310 g/mol. The number of para-hydroxylation sites is 1. The van der Waals surface area contributed by atoms with Crippen molar-refractivity contribution in [1.29, 1.82) is 0 Å². The van der Waals surface area contributed by atoms with Gasteiger partial charge in [0.05, 0.1) is 11.5 Å². The second-order valence-corrected chi connectivity index (χ2v) is 5.60. The van der Waals surface area contributed by atoms with Crippen LogP contribution in [0.3, 0.4) is 0 Å². The molecule has 2 aromatic carbocycles. The summed E-state index contributed by atoms with van der Waals surface area (Å²) >= 11 is 0. The lowest BCUT2D eigenvalue weighted by atomic mass is 9.82. The third-order valence-electron chi connectivity index (χ3n) is 4.13. The Morgan fingerprint density at radius 3 is 2.57 bits per heavy atom. The van der Waals surface area contributed by atoms with Crippen molar-refractivity contribution in [1.82, 2.24) is 10.9 Å². The van der Waals surface area contributed by atoms with Gasteiger partial charge >= 0.3 is 0 Å². The lowest BCUT2D eigenvalue weighted by Gasteiger charge is -2.24. The molecule has 0 saturated heterocycles. The molecule has 0 bridgehead atoms. The minimum Gasteiger partial charge on any atom is -0.507 e. The average Bonchev–Trinajstić information content (AvgIpc) is 2.59. The number of aromatic hydroxyl groups is 1. The van der Waals surface area contributed by atoms with E-state index in [1.54, 1.807) is 12.1 Å². The fourth-order valence-electron chi connectivity index (χ4n) is 2.96. The Hall–Kier alpha value is -2.82. The molecular weight excluding hydrogens is 292 g/mol. The number of carbonyl (C=O) groups excluding carboxylic acids is 2. The van der Waals surface area contributed by atoms with Crippen molar-refractivity contribution in [2.75, 3.05) is 0 Å². The van der Waals surface area contributed by atoms with E-state index in [1.165, 1.54) is 17.7 Å². The summed E-state index contributed by atoms with van der Waals surface area (Å²) in [5.41, 5.74) is 7.17. The molecule has 3 N–H and O–H groups in total. The van der Waals surface area contributed by atoms with E-state index in [0.29, 0.717) is 0 Å². The number of nitrogens with one attached hydrogen (secondary N) is 2. The molecule has 1 unspecified atom stereocenters. The summed E-state index contributed by atoms with van der Waals surface area (Å²) in [5, 5.41) is 9.65. The van der Waals surface area contributed by atoms with Crippen LogP contribution in [0.1, 0.15) is 40.2 Å². The molecule has 5 heteroatoms. The Bertz CT molecular complexity index is 743. The van der Waals surface area contributed by atoms with Crippen LogP contribution in [0.25, 0.3) is 0 Å². The number of phenolic OH excluding ortho intramolecular Hbond substituents is 1. The first kappa shape index (κ1) is 15.1. The molecule has 5 nitrogen and oxygen atoms in total. The number of fused-ring (bicyclic) bond motifs is 1. The maximum absolute atomic E-state index is 12.4. The van der Waals surface area contributed by atoms with Crippen molar-refractivity contribution < 1.29 is 14.7 Å². The van der Waals surface area contributed by atoms with Crippen LogP contribution in [0.15, 0.2) is 48.5 Å². The fourth-order valence-corrected chi connectivity index (χ4v) is 2.96. The number of hydrogen-bond acceptors (Lipinski definition) is 3. The standard InChI is InChI=1S/C18H18N2O3/c21-16-11-4-3-9-15(16)18(23)20-19-17(22)14-10-5-7-12-6-1-2-8-13(12)14/h1-4,6,8-9,11,14,21H,5,7,10H2,(H,19,22)(H,20,23). The van der Waals surface area contributed by atoms with Gasteiger partial charge in [0, 0.05) is 0 Å². The first-order chi connectivity index (χ1) is 11.2. The number of amides is 2. The molecule has 1 aliphatic carbocycles. The van der Waals surface area contributed by atoms with Crippen LogP contribution in [-0.4, -0.2) is 16.9 Å². The van der Waals surface area contributed by atoms with E-state index >= 15 is 0 Å². The zero-order chi connectivity index (χ0) is 16.2. The summed E-state index contributed by atoms with van der Waals surface area (Å²) in [6.07, 6.45) is 2.68. The van der Waals surface area contributed by atoms with Gasteiger partial charge in [-0.1, -0.05) is 36.4 Å². The molecule has 2 aromatic rings. The molecule has 0 fully saturated rings. The van der Waals surface area contributed by atoms with Crippen LogP contribution >= 0.6 is 0 Å². The number of benzene rings is 2. The summed E-state index contributed by atoms with van der Waals surface area (Å²) < 4.78 is 0. The van der Waals surface area contributed by atoms with Gasteiger partial charge in [0.1, 0.15) is 5.75 Å². The van der Waals surface area contributed by atoms with Gasteiger partial charge in [0.25, 0.3) is 5.91 Å². The van der Waals surface area contributed by atoms with Gasteiger partial charge in [0.2, 0.25) is 5.91 Å². The Kier molecular flexibility index (Phi) is 4.28. The maximum Gasteiger partial charge on any atom is 0.273 e. The molecule has 3 rings (SSSR count). The number of phenols is 1. The van der Waals surface area contributed by atoms with E-state index < -0.39 is 5.91 Å². The Morgan fingerprint density at radius 2 is 1.74 bits per heavy atom. The summed E-state index contributed by atoms with van der Waals surface area (Å²) in [4.78, 5) is 24.4. The molecule has 0 saturated carbocycles. The smallest absolute Gasteiger partial charge is 0.273 e. The van der Waals surface area contributed by atoms with Gasteiger partial charge in [0.15, 0.2) is 0 Å². The summed E-state index contributed by atoms with van der Waals surface area (Å²) in [6, 6.07) is 14.1. The highest BCUT2D eigenvalue weighted by Gasteiger charge is 2.26. The molecule has 0 aliphatic heterocycles. The van der Waals surface area contributed by atoms with Crippen LogP contribution in [0, 0.1) is 0 Å². The second-order valence-electron chi connectivity index (χ2n) is 5.60. The van der Waals surface area contributed by atoms with Crippen molar-refractivity contribution in [2.24, 2.45) is 0 Å². The topological polar surface area (TPSA) is 78.4 Å². The third-order valence-corrected chi connectivity index (χ3v) is 4.13. The number of hydrazine groups is 1. The first-order valence-electron chi connectivity index (χ1n) is 7.63. The molecule has 1 aliphatic rings. The number of rotatable bonds is 2. The van der Waals surface area contributed by atoms with Crippen molar-refractivity contribution in [3.63, 3.8) is 0 Å². The van der Waals surface area contributed by atoms with Gasteiger partial charge in [-0.15, -0.1) is 0 Å². The zero-order valence-electron chi connectivity index (χ0n) is 12.6. The summed E-state index contributed by atoms with van der Waals surface area (Å²) in [7, 11) is 0. The Balaban J connectivity index is 1.67. The molecule has 0 aromatic heterocycles. The van der Waals surface area contributed by atoms with Crippen molar-refractivity contribution in [3.05, 3.63) is 65.2 Å². The monoisotopic (exact) mass is 310 g/mol. The largest absolute Gasteiger partial charge is 0.507 e. The molecule has 0 heterocycles. The molecule has 2 amide bonds. The first-order valence-corrected chi connectivity index (χ1v) is 7.63. The quantitative estimate of drug-likeness (QED) is 0.745. The summed E-state index contributed by atoms with van der Waals surface area (Å²) in [6.45, 7) is 0. The lowest BCUT2D eigenvalue weighted by Crippen LogP contribution is -2.44. The van der Waals surface area contributed by atoms with Gasteiger partial charge in [-0.3, -0.25) is 20.4 Å². The van der Waals surface area contributed by atoms with E-state index in [1.807, 2.05) is 24.3 Å². The van der Waals surface area contributed by atoms with Gasteiger partial charge in [-0.25, -0.2) is 0 Å². The molecule has 1 atom stereocenters. The number of aryl methyl sites for hydroxylation is 1. The summed E-state index contributed by atoms with van der Waals surface area (Å²) in [5.74, 6) is -1.16. The predicted molar refractivity (Wildman–Crippen MR) is 85.8 cm³/mol. The van der Waals surface area contributed by atoms with Crippen molar-refractivity contribution >= 4 is 11.8 Å². The normalized spacial score (nSPS) is 16.3. The molecule has 0 spiro atoms. The highest BCUT2D eigenvalue weighted by atomic mass is 16.3. The minimum absolute atomic E-state index is 0.122. The van der Waals surface area contributed by atoms with E-state index in [4.69, 9.17) is 0 Å². The Morgan fingerprint density at radius 1 is 1.00 bits per heavy atom. The number of carbonyl (C=O) groups is 2. The Labute approximate surface area is 134 Å². The number of hydrogen-bond donors (Lipinski definition) is 3. The van der Waals surface area contributed by atoms with Gasteiger partial charge < -0.3 is 5.11 Å². The highest BCUT2D eigenvalue weighted by Crippen LogP contribution is 2.31. The highest BCUT2D eigenvalue weighted by molar-refractivity contribution is 5.98. The van der Waals surface area contributed by atoms with Crippen LogP contribution in [0.2, 0.25) is 0 Å². The van der Waals surface area contributed by atoms with E-state index in [0.717, 1.165) is 24.8 Å². The zero-order valence-corrected chi connectivity index (χ0v) is 12.6. The molecule has 23 heavy (non-hydrogen) atoms. The molecular formula is C18H18N2O3. The van der Waals surface area contributed by atoms with Crippen LogP contribution in [0.4, 0.5) is 0 Å². The maximum atomic E-state index is 12.4. The van der Waals surface area contributed by atoms with Crippen molar-refractivity contribution in [3.8, 4) is 5.75 Å². The lowest BCUT2D eigenvalue weighted by molar-refractivity contribution is -0.123. The van der Waals surface area contributed by atoms with Crippen LogP contribution in [-0.2, 0) is 11.2 Å². The van der Waals surface area contributed by atoms with Crippen LogP contribution in [0.5, 0.6) is 5.75 Å². The fraction of sp³-hybridized carbons (Fsp3) is 0.222. The SMILES string of the molecule is O=C(NNC(=O)C1CCCc2ccccc21)c1ccccc1O. The van der Waals surface area contributed by atoms with E-state index in [9.17, 15) is 14.7 Å². The van der Waals surface area contributed by atoms with Gasteiger partial charge in [-0.2, -0.15) is 0 Å². The van der Waals surface area contributed by atoms with Crippen molar-refractivity contribution in [2.45, 2.75) is 25.2 Å². The van der Waals surface area contributed by atoms with E-state index in [-0.39, 0.29) is 23.1 Å². The minimum atomic E-state index is -0.541.